The van der Waals surface area contributed by atoms with Gasteiger partial charge in [-0.2, -0.15) is 0 Å². The predicted octanol–water partition coefficient (Wildman–Crippen LogP) is 1.34. The van der Waals surface area contributed by atoms with E-state index in [-0.39, 0.29) is 0 Å². The van der Waals surface area contributed by atoms with E-state index in [9.17, 15) is 9.59 Å². The van der Waals surface area contributed by atoms with Crippen molar-refractivity contribution < 1.29 is 0 Å². The Bertz CT molecular complexity index is 874. The highest BCUT2D eigenvalue weighted by molar-refractivity contribution is 5.70. The molecule has 2 aromatic heterocycles. The van der Waals surface area contributed by atoms with E-state index in [1.165, 1.54) is 4.57 Å². The first-order chi connectivity index (χ1) is 10.2. The van der Waals surface area contributed by atoms with Gasteiger partial charge in [-0.05, 0) is 12.0 Å². The molecule has 21 heavy (non-hydrogen) atoms. The number of hydrogen-bond donors (Lipinski definition) is 1. The van der Waals surface area contributed by atoms with E-state index < -0.39 is 11.2 Å². The average molecular weight is 284 g/mol. The Hall–Kier alpha value is -2.63. The van der Waals surface area contributed by atoms with Crippen LogP contribution in [0.25, 0.3) is 11.2 Å². The summed E-state index contributed by atoms with van der Waals surface area (Å²) in [5.41, 5.74) is 1.16. The Morgan fingerprint density at radius 1 is 1.19 bits per heavy atom. The number of H-pyrrole nitrogens is 1. The van der Waals surface area contributed by atoms with Gasteiger partial charge in [-0.1, -0.05) is 37.3 Å². The number of aryl methyl sites for hydroxylation is 1. The third-order valence-electron chi connectivity index (χ3n) is 3.40. The predicted molar refractivity (Wildman–Crippen MR) is 80.4 cm³/mol. The van der Waals surface area contributed by atoms with Crippen LogP contribution in [-0.4, -0.2) is 19.1 Å². The minimum Gasteiger partial charge on any atom is -0.320 e. The summed E-state index contributed by atoms with van der Waals surface area (Å²) < 4.78 is 3.29. The molecule has 0 saturated carbocycles. The molecule has 0 aliphatic carbocycles. The van der Waals surface area contributed by atoms with Gasteiger partial charge in [0, 0.05) is 13.1 Å². The molecule has 6 nitrogen and oxygen atoms in total. The molecule has 108 valence electrons. The van der Waals surface area contributed by atoms with Crippen LogP contribution in [0.5, 0.6) is 0 Å². The summed E-state index contributed by atoms with van der Waals surface area (Å²) in [4.78, 5) is 30.6. The lowest BCUT2D eigenvalue weighted by Gasteiger charge is -2.06. The van der Waals surface area contributed by atoms with E-state index in [0.717, 1.165) is 12.0 Å². The van der Waals surface area contributed by atoms with Crippen molar-refractivity contribution in [2.24, 2.45) is 0 Å². The van der Waals surface area contributed by atoms with Crippen LogP contribution in [0.3, 0.4) is 0 Å². The Balaban J connectivity index is 2.16. The van der Waals surface area contributed by atoms with Gasteiger partial charge in [-0.15, -0.1) is 0 Å². The molecule has 1 aromatic carbocycles. The van der Waals surface area contributed by atoms with Crippen LogP contribution in [-0.2, 0) is 13.1 Å². The third-order valence-corrected chi connectivity index (χ3v) is 3.40. The van der Waals surface area contributed by atoms with Crippen LogP contribution in [0.2, 0.25) is 0 Å². The molecule has 0 aliphatic rings. The number of nitrogens with zero attached hydrogens (tertiary/aromatic N) is 3. The number of aromatic nitrogens is 4. The van der Waals surface area contributed by atoms with Crippen molar-refractivity contribution >= 4 is 11.2 Å². The quantitative estimate of drug-likeness (QED) is 0.786. The van der Waals surface area contributed by atoms with Crippen molar-refractivity contribution in [1.29, 1.82) is 0 Å². The normalized spacial score (nSPS) is 11.1. The van der Waals surface area contributed by atoms with Crippen molar-refractivity contribution in [3.05, 3.63) is 63.1 Å². The van der Waals surface area contributed by atoms with Crippen LogP contribution < -0.4 is 11.2 Å². The molecule has 0 unspecified atom stereocenters. The summed E-state index contributed by atoms with van der Waals surface area (Å²) in [5, 5.41) is 0. The third kappa shape index (κ3) is 2.40. The molecule has 0 amide bonds. The van der Waals surface area contributed by atoms with E-state index >= 15 is 0 Å². The molecule has 1 N–H and O–H groups in total. The van der Waals surface area contributed by atoms with Crippen molar-refractivity contribution in [2.75, 3.05) is 0 Å². The highest BCUT2D eigenvalue weighted by Gasteiger charge is 2.13. The topological polar surface area (TPSA) is 72.7 Å². The first-order valence-corrected chi connectivity index (χ1v) is 6.92. The number of aromatic amines is 1. The molecular formula is C15H16N4O2. The van der Waals surface area contributed by atoms with Gasteiger partial charge in [-0.3, -0.25) is 14.3 Å². The van der Waals surface area contributed by atoms with E-state index in [2.05, 4.69) is 9.97 Å². The highest BCUT2D eigenvalue weighted by Crippen LogP contribution is 2.10. The van der Waals surface area contributed by atoms with Crippen molar-refractivity contribution in [3.8, 4) is 0 Å². The summed E-state index contributed by atoms with van der Waals surface area (Å²) >= 11 is 0. The zero-order valence-corrected chi connectivity index (χ0v) is 11.7. The molecule has 3 rings (SSSR count). The lowest BCUT2D eigenvalue weighted by Crippen LogP contribution is -2.31. The van der Waals surface area contributed by atoms with Crippen molar-refractivity contribution in [2.45, 2.75) is 26.4 Å². The van der Waals surface area contributed by atoms with Gasteiger partial charge < -0.3 is 4.57 Å². The summed E-state index contributed by atoms with van der Waals surface area (Å²) in [6.07, 6.45) is 2.41. The Kier molecular flexibility index (Phi) is 3.43. The smallest absolute Gasteiger partial charge is 0.320 e. The summed E-state index contributed by atoms with van der Waals surface area (Å²) in [6, 6.07) is 9.82. The minimum atomic E-state index is -0.403. The lowest BCUT2D eigenvalue weighted by molar-refractivity contribution is 0.652. The number of imidazole rings is 1. The van der Waals surface area contributed by atoms with E-state index in [4.69, 9.17) is 0 Å². The molecule has 0 radical (unpaired) electrons. The van der Waals surface area contributed by atoms with Crippen LogP contribution in [0.15, 0.2) is 46.2 Å². The first-order valence-electron chi connectivity index (χ1n) is 6.92. The Morgan fingerprint density at radius 3 is 2.67 bits per heavy atom. The molecular weight excluding hydrogens is 268 g/mol. The maximum absolute atomic E-state index is 12.1. The fourth-order valence-corrected chi connectivity index (χ4v) is 2.45. The second-order valence-corrected chi connectivity index (χ2v) is 4.94. The number of fused-ring (bicyclic) bond motifs is 1. The zero-order valence-electron chi connectivity index (χ0n) is 11.7. The largest absolute Gasteiger partial charge is 0.330 e. The van der Waals surface area contributed by atoms with E-state index in [0.29, 0.717) is 24.3 Å². The Labute approximate surface area is 120 Å². The van der Waals surface area contributed by atoms with Gasteiger partial charge in [-0.25, -0.2) is 9.78 Å². The van der Waals surface area contributed by atoms with Crippen molar-refractivity contribution in [3.63, 3.8) is 0 Å². The fraction of sp³-hybridized carbons (Fsp3) is 0.267. The van der Waals surface area contributed by atoms with Crippen LogP contribution in [0, 0.1) is 0 Å². The maximum Gasteiger partial charge on any atom is 0.330 e. The standard InChI is InChI=1S/C15H16N4O2/c1-2-8-19-13-12(14(20)17-15(19)21)18(10-16-13)9-11-6-4-3-5-7-11/h3-7,10H,2,8-9H2,1H3,(H,17,20,21). The molecule has 6 heteroatoms. The van der Waals surface area contributed by atoms with E-state index in [1.54, 1.807) is 10.9 Å². The van der Waals surface area contributed by atoms with Gasteiger partial charge >= 0.3 is 5.69 Å². The molecule has 0 saturated heterocycles. The summed E-state index contributed by atoms with van der Waals surface area (Å²) in [5.74, 6) is 0. The van der Waals surface area contributed by atoms with Crippen molar-refractivity contribution in [1.82, 2.24) is 19.1 Å². The number of hydrogen-bond acceptors (Lipinski definition) is 3. The fourth-order valence-electron chi connectivity index (χ4n) is 2.45. The number of benzene rings is 1. The molecule has 0 fully saturated rings. The van der Waals surface area contributed by atoms with Gasteiger partial charge in [0.05, 0.1) is 6.33 Å². The van der Waals surface area contributed by atoms with Gasteiger partial charge in [0.2, 0.25) is 0 Å². The molecule has 0 spiro atoms. The lowest BCUT2D eigenvalue weighted by atomic mass is 10.2. The second kappa shape index (κ2) is 5.40. The average Bonchev–Trinajstić information content (AvgIpc) is 2.88. The second-order valence-electron chi connectivity index (χ2n) is 4.94. The summed E-state index contributed by atoms with van der Waals surface area (Å²) in [6.45, 7) is 3.06. The zero-order chi connectivity index (χ0) is 14.8. The molecule has 0 atom stereocenters. The summed E-state index contributed by atoms with van der Waals surface area (Å²) in [7, 11) is 0. The van der Waals surface area contributed by atoms with Crippen LogP contribution in [0.1, 0.15) is 18.9 Å². The molecule has 0 bridgehead atoms. The van der Waals surface area contributed by atoms with Gasteiger partial charge in [0.25, 0.3) is 5.56 Å². The van der Waals surface area contributed by atoms with Gasteiger partial charge in [0.1, 0.15) is 0 Å². The minimum absolute atomic E-state index is 0.393. The van der Waals surface area contributed by atoms with Gasteiger partial charge in [0.15, 0.2) is 11.2 Å². The SMILES string of the molecule is CCCn1c(=O)[nH]c(=O)c2c1ncn2Cc1ccccc1. The number of nitrogens with one attached hydrogen (secondary N) is 1. The molecule has 2 heterocycles. The van der Waals surface area contributed by atoms with Crippen LogP contribution in [0.4, 0.5) is 0 Å². The van der Waals surface area contributed by atoms with E-state index in [1.807, 2.05) is 37.3 Å². The molecule has 3 aromatic rings. The first kappa shape index (κ1) is 13.4. The highest BCUT2D eigenvalue weighted by atomic mass is 16.2. The maximum atomic E-state index is 12.1. The monoisotopic (exact) mass is 284 g/mol. The van der Waals surface area contributed by atoms with Crippen LogP contribution >= 0.6 is 0 Å². The Morgan fingerprint density at radius 2 is 1.95 bits per heavy atom. The number of rotatable bonds is 4. The molecule has 0 aliphatic heterocycles.